The zero-order valence-electron chi connectivity index (χ0n) is 4.83. The zero-order chi connectivity index (χ0) is 5.98. The molecule has 0 aromatic carbocycles. The molecule has 0 spiro atoms. The number of carbonyl (C=O) groups is 1. The summed E-state index contributed by atoms with van der Waals surface area (Å²) in [5, 5.41) is 2.87. The first-order valence-electron chi connectivity index (χ1n) is 2.50. The average molecular weight is 149 g/mol. The largest absolute Gasteiger partial charge is 0.368 e. The van der Waals surface area contributed by atoms with Crippen LogP contribution >= 0.6 is 12.4 Å². The van der Waals surface area contributed by atoms with Gasteiger partial charge in [0.05, 0.1) is 6.04 Å². The van der Waals surface area contributed by atoms with Crippen molar-refractivity contribution >= 4 is 18.3 Å². The monoisotopic (exact) mass is 148 g/mol. The molecule has 3 N–H and O–H groups in total. The van der Waals surface area contributed by atoms with Gasteiger partial charge in [0.25, 0.3) is 0 Å². The number of hydrogen-bond acceptors (Lipinski definition) is 2. The van der Waals surface area contributed by atoms with Gasteiger partial charge in [0.15, 0.2) is 0 Å². The van der Waals surface area contributed by atoms with Gasteiger partial charge in [-0.3, -0.25) is 4.79 Å². The second kappa shape index (κ2) is 3.69. The Kier molecular flexibility index (Phi) is 3.58. The average Bonchev–Trinajstić information content (AvgIpc) is 2.12. The Bertz CT molecular complexity index is 101. The van der Waals surface area contributed by atoms with Crippen molar-refractivity contribution in [2.75, 3.05) is 6.54 Å². The molecule has 2 radical (unpaired) electrons. The van der Waals surface area contributed by atoms with Crippen LogP contribution in [0.25, 0.3) is 0 Å². The van der Waals surface area contributed by atoms with E-state index in [4.69, 9.17) is 5.73 Å². The molecule has 1 atom stereocenters. The fourth-order valence-electron chi connectivity index (χ4n) is 0.663. The second-order valence-electron chi connectivity index (χ2n) is 1.72. The highest BCUT2D eigenvalue weighted by Gasteiger charge is 2.18. The number of nitrogens with two attached hydrogens (primary N) is 1. The van der Waals surface area contributed by atoms with E-state index in [1.165, 1.54) is 0 Å². The minimum atomic E-state index is -0.307. The molecule has 1 saturated heterocycles. The lowest BCUT2D eigenvalue weighted by Gasteiger charge is -2.00. The Balaban J connectivity index is 0.000000640. The standard InChI is InChI=1S/C5H8N2O.ClH/c6-5(8)4-2-1-3-7-4;/h1-2,4,7H,3H2,(H2,6,8);1H/t4-;/m0./s1. The molecule has 1 rings (SSSR count). The van der Waals surface area contributed by atoms with Gasteiger partial charge < -0.3 is 11.1 Å². The number of hydrogen-bond donors (Lipinski definition) is 2. The van der Waals surface area contributed by atoms with Crippen molar-refractivity contribution in [1.29, 1.82) is 0 Å². The van der Waals surface area contributed by atoms with Crippen LogP contribution in [0.4, 0.5) is 0 Å². The van der Waals surface area contributed by atoms with Crippen LogP contribution in [0.2, 0.25) is 0 Å². The van der Waals surface area contributed by atoms with Gasteiger partial charge in [0.2, 0.25) is 5.91 Å². The van der Waals surface area contributed by atoms with E-state index < -0.39 is 0 Å². The van der Waals surface area contributed by atoms with Gasteiger partial charge in [-0.15, -0.1) is 12.4 Å². The van der Waals surface area contributed by atoms with E-state index in [-0.39, 0.29) is 24.4 Å². The maximum Gasteiger partial charge on any atom is 0.234 e. The predicted molar refractivity (Wildman–Crippen MR) is 36.8 cm³/mol. The number of carbonyl (C=O) groups excluding carboxylic acids is 1. The van der Waals surface area contributed by atoms with Gasteiger partial charge in [-0.25, -0.2) is 0 Å². The second-order valence-corrected chi connectivity index (χ2v) is 1.72. The number of nitrogens with one attached hydrogen (secondary N) is 1. The van der Waals surface area contributed by atoms with Gasteiger partial charge in [-0.2, -0.15) is 0 Å². The van der Waals surface area contributed by atoms with Crippen LogP contribution in [0, 0.1) is 12.8 Å². The molecule has 52 valence electrons. The lowest BCUT2D eigenvalue weighted by atomic mass is 10.2. The third-order valence-corrected chi connectivity index (χ3v) is 1.09. The summed E-state index contributed by atoms with van der Waals surface area (Å²) in [4.78, 5) is 10.3. The molecule has 3 nitrogen and oxygen atoms in total. The summed E-state index contributed by atoms with van der Waals surface area (Å²) in [6.07, 6.45) is 3.65. The Morgan fingerprint density at radius 3 is 2.67 bits per heavy atom. The van der Waals surface area contributed by atoms with Crippen molar-refractivity contribution in [2.45, 2.75) is 6.04 Å². The first kappa shape index (κ1) is 8.72. The molecule has 0 aromatic heterocycles. The molecule has 4 heteroatoms. The first-order chi connectivity index (χ1) is 3.80. The highest BCUT2D eigenvalue weighted by atomic mass is 35.5. The molecule has 0 aliphatic carbocycles. The van der Waals surface area contributed by atoms with E-state index in [9.17, 15) is 4.79 Å². The van der Waals surface area contributed by atoms with Gasteiger partial charge in [-0.05, 0) is 19.4 Å². The van der Waals surface area contributed by atoms with Gasteiger partial charge in [0.1, 0.15) is 0 Å². The summed E-state index contributed by atoms with van der Waals surface area (Å²) in [5.41, 5.74) is 4.95. The molecule has 0 aromatic rings. The van der Waals surface area contributed by atoms with E-state index in [1.807, 2.05) is 6.42 Å². The van der Waals surface area contributed by atoms with Crippen LogP contribution in [0.15, 0.2) is 0 Å². The third-order valence-electron chi connectivity index (χ3n) is 1.09. The number of rotatable bonds is 1. The number of amides is 1. The molecule has 0 unspecified atom stereocenters. The van der Waals surface area contributed by atoms with Crippen molar-refractivity contribution in [3.8, 4) is 0 Å². The maximum absolute atomic E-state index is 10.3. The van der Waals surface area contributed by atoms with Crippen LogP contribution < -0.4 is 11.1 Å². The van der Waals surface area contributed by atoms with Crippen molar-refractivity contribution in [3.63, 3.8) is 0 Å². The Morgan fingerprint density at radius 1 is 1.78 bits per heavy atom. The molecule has 1 fully saturated rings. The minimum absolute atomic E-state index is 0. The normalized spacial score (nSPS) is 25.1. The Hall–Kier alpha value is -0.280. The van der Waals surface area contributed by atoms with E-state index in [0.29, 0.717) is 0 Å². The fourth-order valence-corrected chi connectivity index (χ4v) is 0.663. The summed E-state index contributed by atoms with van der Waals surface area (Å²) in [6, 6.07) is -0.227. The van der Waals surface area contributed by atoms with Crippen LogP contribution in [-0.2, 0) is 4.79 Å². The molecule has 1 heterocycles. The van der Waals surface area contributed by atoms with Gasteiger partial charge in [0, 0.05) is 0 Å². The molecular formula is C5H9ClN2O. The number of primary amides is 1. The van der Waals surface area contributed by atoms with E-state index in [2.05, 4.69) is 5.32 Å². The summed E-state index contributed by atoms with van der Waals surface area (Å²) in [5.74, 6) is -0.307. The SMILES string of the molecule is Cl.NC(=O)[C@@H]1[CH][CH]CN1. The summed E-state index contributed by atoms with van der Waals surface area (Å²) < 4.78 is 0. The highest BCUT2D eigenvalue weighted by molar-refractivity contribution is 5.85. The van der Waals surface area contributed by atoms with Gasteiger partial charge in [-0.1, -0.05) is 0 Å². The number of halogens is 1. The Morgan fingerprint density at radius 2 is 2.44 bits per heavy atom. The lowest BCUT2D eigenvalue weighted by molar-refractivity contribution is -0.118. The molecular weight excluding hydrogens is 140 g/mol. The third kappa shape index (κ3) is 2.20. The summed E-state index contributed by atoms with van der Waals surface area (Å²) in [6.45, 7) is 0.758. The van der Waals surface area contributed by atoms with Crippen molar-refractivity contribution < 1.29 is 4.79 Å². The van der Waals surface area contributed by atoms with Crippen LogP contribution in [0.3, 0.4) is 0 Å². The highest BCUT2D eigenvalue weighted by Crippen LogP contribution is 1.99. The van der Waals surface area contributed by atoms with Crippen LogP contribution in [-0.4, -0.2) is 18.5 Å². The summed E-state index contributed by atoms with van der Waals surface area (Å²) in [7, 11) is 0. The molecule has 0 bridgehead atoms. The smallest absolute Gasteiger partial charge is 0.234 e. The molecule has 1 aliphatic heterocycles. The van der Waals surface area contributed by atoms with Crippen molar-refractivity contribution in [2.24, 2.45) is 5.73 Å². The summed E-state index contributed by atoms with van der Waals surface area (Å²) >= 11 is 0. The molecule has 1 amide bonds. The minimum Gasteiger partial charge on any atom is -0.368 e. The van der Waals surface area contributed by atoms with Gasteiger partial charge >= 0.3 is 0 Å². The maximum atomic E-state index is 10.3. The van der Waals surface area contributed by atoms with Crippen molar-refractivity contribution in [1.82, 2.24) is 5.32 Å². The Labute approximate surface area is 60.4 Å². The topological polar surface area (TPSA) is 55.1 Å². The lowest BCUT2D eigenvalue weighted by Crippen LogP contribution is -2.36. The van der Waals surface area contributed by atoms with Crippen molar-refractivity contribution in [3.05, 3.63) is 12.8 Å². The predicted octanol–water partition coefficient (Wildman–Crippen LogP) is -0.726. The quantitative estimate of drug-likeness (QED) is 0.516. The van der Waals surface area contributed by atoms with Crippen LogP contribution in [0.1, 0.15) is 0 Å². The van der Waals surface area contributed by atoms with E-state index >= 15 is 0 Å². The molecule has 0 saturated carbocycles. The fraction of sp³-hybridized carbons (Fsp3) is 0.400. The zero-order valence-corrected chi connectivity index (χ0v) is 5.65. The first-order valence-corrected chi connectivity index (χ1v) is 2.50. The van der Waals surface area contributed by atoms with Crippen LogP contribution in [0.5, 0.6) is 0 Å². The van der Waals surface area contributed by atoms with E-state index in [1.54, 1.807) is 6.42 Å². The molecule has 9 heavy (non-hydrogen) atoms. The van der Waals surface area contributed by atoms with E-state index in [0.717, 1.165) is 6.54 Å². The molecule has 1 aliphatic rings.